The molecule has 3 aliphatic rings. The van der Waals surface area contributed by atoms with Crippen molar-refractivity contribution in [1.82, 2.24) is 0 Å². The molecule has 4 nitrogen and oxygen atoms in total. The van der Waals surface area contributed by atoms with Gasteiger partial charge in [-0.15, -0.1) is 0 Å². The van der Waals surface area contributed by atoms with Gasteiger partial charge in [-0.2, -0.15) is 0 Å². The third-order valence-electron chi connectivity index (χ3n) is 6.79. The Morgan fingerprint density at radius 2 is 1.43 bits per heavy atom. The van der Waals surface area contributed by atoms with Gasteiger partial charge in [0.15, 0.2) is 0 Å². The molecule has 1 heterocycles. The summed E-state index contributed by atoms with van der Waals surface area (Å²) < 4.78 is 5.91. The predicted octanol–water partition coefficient (Wildman–Crippen LogP) is 4.87. The van der Waals surface area contributed by atoms with E-state index in [1.165, 1.54) is 10.5 Å². The number of hydrogen-bond donors (Lipinski definition) is 0. The van der Waals surface area contributed by atoms with Crippen molar-refractivity contribution in [3.8, 4) is 5.75 Å². The molecule has 2 aliphatic carbocycles. The summed E-state index contributed by atoms with van der Waals surface area (Å²) in [6.07, 6.45) is 5.18. The Morgan fingerprint density at radius 1 is 0.867 bits per heavy atom. The molecule has 0 N–H and O–H groups in total. The lowest BCUT2D eigenvalue weighted by molar-refractivity contribution is -0.123. The number of rotatable bonds is 4. The van der Waals surface area contributed by atoms with Crippen molar-refractivity contribution in [2.75, 3.05) is 4.90 Å². The van der Waals surface area contributed by atoms with Gasteiger partial charge in [-0.05, 0) is 59.1 Å². The number of amides is 2. The Balaban J connectivity index is 1.25. The van der Waals surface area contributed by atoms with Gasteiger partial charge in [0, 0.05) is 0 Å². The zero-order valence-electron chi connectivity index (χ0n) is 17.7. The molecule has 5 rings (SSSR count). The van der Waals surface area contributed by atoms with E-state index in [9.17, 15) is 9.59 Å². The summed E-state index contributed by atoms with van der Waals surface area (Å²) in [5, 5.41) is 0. The van der Waals surface area contributed by atoms with Crippen LogP contribution in [0.3, 0.4) is 0 Å². The minimum absolute atomic E-state index is 0.0468. The average molecular weight is 402 g/mol. The van der Waals surface area contributed by atoms with E-state index in [4.69, 9.17) is 4.74 Å². The number of benzene rings is 2. The fourth-order valence-electron chi connectivity index (χ4n) is 5.12. The molecule has 1 saturated heterocycles. The molecule has 0 aromatic heterocycles. The molecule has 1 saturated carbocycles. The number of carbonyl (C=O) groups is 2. The highest BCUT2D eigenvalue weighted by atomic mass is 16.5. The monoisotopic (exact) mass is 401 g/mol. The highest BCUT2D eigenvalue weighted by Gasteiger charge is 2.59. The third-order valence-corrected chi connectivity index (χ3v) is 6.79. The van der Waals surface area contributed by atoms with Gasteiger partial charge in [0.05, 0.1) is 17.5 Å². The van der Waals surface area contributed by atoms with Crippen molar-refractivity contribution in [2.24, 2.45) is 23.7 Å². The van der Waals surface area contributed by atoms with Crippen LogP contribution in [0.25, 0.3) is 0 Å². The zero-order valence-corrected chi connectivity index (χ0v) is 17.7. The molecule has 2 amide bonds. The molecule has 0 radical (unpaired) electrons. The number of ether oxygens (including phenoxy) is 1. The first kappa shape index (κ1) is 19.1. The summed E-state index contributed by atoms with van der Waals surface area (Å²) >= 11 is 0. The summed E-state index contributed by atoms with van der Waals surface area (Å²) in [5.74, 6) is 0.755. The van der Waals surface area contributed by atoms with E-state index >= 15 is 0 Å². The Labute approximate surface area is 177 Å². The van der Waals surface area contributed by atoms with E-state index in [2.05, 4.69) is 57.2 Å². The summed E-state index contributed by atoms with van der Waals surface area (Å²) in [7, 11) is 0. The summed E-state index contributed by atoms with van der Waals surface area (Å²) in [6, 6.07) is 15.8. The molecule has 2 aromatic carbocycles. The first-order chi connectivity index (χ1) is 14.3. The van der Waals surface area contributed by atoms with Crippen LogP contribution in [0.1, 0.15) is 38.3 Å². The predicted molar refractivity (Wildman–Crippen MR) is 116 cm³/mol. The first-order valence-corrected chi connectivity index (χ1v) is 10.7. The highest BCUT2D eigenvalue weighted by Crippen LogP contribution is 2.53. The van der Waals surface area contributed by atoms with Crippen LogP contribution in [0.15, 0.2) is 60.7 Å². The summed E-state index contributed by atoms with van der Waals surface area (Å²) in [6.45, 7) is 7.07. The van der Waals surface area contributed by atoms with Crippen LogP contribution in [-0.4, -0.2) is 11.8 Å². The van der Waals surface area contributed by atoms with Crippen LogP contribution < -0.4 is 9.64 Å². The summed E-state index contributed by atoms with van der Waals surface area (Å²) in [5.41, 5.74) is 3.17. The maximum absolute atomic E-state index is 12.9. The van der Waals surface area contributed by atoms with E-state index < -0.39 is 0 Å². The standard InChI is InChI=1S/C26H27NO3/c1-26(2,3)19-8-4-16(5-9-19)15-30-21-12-10-20(11-13-21)27-24(28)22-17-6-7-18(14-17)23(22)25(27)29/h4-13,17-18,22-23H,14-15H2,1-3H3/t17-,18-,22+,23+/m0/s1. The Hall–Kier alpha value is -2.88. The molecule has 2 bridgehead atoms. The smallest absolute Gasteiger partial charge is 0.238 e. The van der Waals surface area contributed by atoms with Crippen molar-refractivity contribution in [3.63, 3.8) is 0 Å². The lowest BCUT2D eigenvalue weighted by atomic mass is 9.85. The minimum Gasteiger partial charge on any atom is -0.489 e. The van der Waals surface area contributed by atoms with Crippen molar-refractivity contribution < 1.29 is 14.3 Å². The van der Waals surface area contributed by atoms with Crippen LogP contribution in [0.5, 0.6) is 5.75 Å². The number of imide groups is 1. The molecule has 4 heteroatoms. The second-order valence-corrected chi connectivity index (χ2v) is 9.74. The van der Waals surface area contributed by atoms with Gasteiger partial charge in [0.1, 0.15) is 12.4 Å². The number of fused-ring (bicyclic) bond motifs is 5. The largest absolute Gasteiger partial charge is 0.489 e. The number of hydrogen-bond acceptors (Lipinski definition) is 3. The van der Waals surface area contributed by atoms with Gasteiger partial charge in [0.25, 0.3) is 0 Å². The van der Waals surface area contributed by atoms with E-state index in [-0.39, 0.29) is 40.9 Å². The lowest BCUT2D eigenvalue weighted by Crippen LogP contribution is -2.32. The topological polar surface area (TPSA) is 46.6 Å². The molecule has 1 aliphatic heterocycles. The molecular weight excluding hydrogens is 374 g/mol. The number of nitrogens with zero attached hydrogens (tertiary/aromatic N) is 1. The van der Waals surface area contributed by atoms with E-state index in [1.54, 1.807) is 0 Å². The molecule has 154 valence electrons. The first-order valence-electron chi connectivity index (χ1n) is 10.7. The SMILES string of the molecule is CC(C)(C)c1ccc(COc2ccc(N3C(=O)[C@H]4[C@H](C3=O)[C@H]3C=C[C@H]4C3)cc2)cc1. The Kier molecular flexibility index (Phi) is 4.35. The maximum Gasteiger partial charge on any atom is 0.238 e. The van der Waals surface area contributed by atoms with E-state index in [0.29, 0.717) is 12.3 Å². The Morgan fingerprint density at radius 3 is 1.97 bits per heavy atom. The van der Waals surface area contributed by atoms with E-state index in [0.717, 1.165) is 17.7 Å². The van der Waals surface area contributed by atoms with Crippen LogP contribution in [-0.2, 0) is 21.6 Å². The number of allylic oxidation sites excluding steroid dienone is 2. The molecular formula is C26H27NO3. The fourth-order valence-corrected chi connectivity index (χ4v) is 5.12. The number of carbonyl (C=O) groups excluding carboxylic acids is 2. The van der Waals surface area contributed by atoms with Crippen molar-refractivity contribution in [3.05, 3.63) is 71.8 Å². The van der Waals surface area contributed by atoms with E-state index in [1.807, 2.05) is 24.3 Å². The van der Waals surface area contributed by atoms with Crippen LogP contribution in [0.4, 0.5) is 5.69 Å². The van der Waals surface area contributed by atoms with Crippen molar-refractivity contribution >= 4 is 17.5 Å². The molecule has 30 heavy (non-hydrogen) atoms. The Bertz CT molecular complexity index is 984. The van der Waals surface area contributed by atoms with Crippen molar-refractivity contribution in [1.29, 1.82) is 0 Å². The maximum atomic E-state index is 12.9. The van der Waals surface area contributed by atoms with Crippen LogP contribution >= 0.6 is 0 Å². The fraction of sp³-hybridized carbons (Fsp3) is 0.385. The van der Waals surface area contributed by atoms with Gasteiger partial charge < -0.3 is 4.74 Å². The summed E-state index contributed by atoms with van der Waals surface area (Å²) in [4.78, 5) is 27.2. The van der Waals surface area contributed by atoms with Crippen molar-refractivity contribution in [2.45, 2.75) is 39.2 Å². The second kappa shape index (κ2) is 6.83. The quantitative estimate of drug-likeness (QED) is 0.542. The molecule has 2 aromatic rings. The third kappa shape index (κ3) is 3.06. The van der Waals surface area contributed by atoms with Gasteiger partial charge in [-0.25, -0.2) is 0 Å². The van der Waals surface area contributed by atoms with Gasteiger partial charge in [-0.1, -0.05) is 57.2 Å². The molecule has 0 spiro atoms. The van der Waals surface area contributed by atoms with Gasteiger partial charge in [-0.3, -0.25) is 14.5 Å². The van der Waals surface area contributed by atoms with Gasteiger partial charge in [0.2, 0.25) is 11.8 Å². The average Bonchev–Trinajstić information content (AvgIpc) is 3.40. The van der Waals surface area contributed by atoms with Crippen LogP contribution in [0.2, 0.25) is 0 Å². The highest BCUT2D eigenvalue weighted by molar-refractivity contribution is 6.22. The number of anilines is 1. The zero-order chi connectivity index (χ0) is 21.0. The van der Waals surface area contributed by atoms with Gasteiger partial charge >= 0.3 is 0 Å². The minimum atomic E-state index is -0.167. The van der Waals surface area contributed by atoms with Crippen LogP contribution in [0, 0.1) is 23.7 Å². The molecule has 4 atom stereocenters. The normalized spacial score (nSPS) is 27.1. The second-order valence-electron chi connectivity index (χ2n) is 9.74. The lowest BCUT2D eigenvalue weighted by Gasteiger charge is -2.19. The molecule has 0 unspecified atom stereocenters. The molecule has 2 fully saturated rings.